The lowest BCUT2D eigenvalue weighted by Gasteiger charge is -2.23. The maximum absolute atomic E-state index is 6.47. The second kappa shape index (κ2) is 8.07. The number of benzene rings is 2. The summed E-state index contributed by atoms with van der Waals surface area (Å²) in [5.74, 6) is 2.40. The van der Waals surface area contributed by atoms with Gasteiger partial charge in [-0.2, -0.15) is 4.98 Å². The van der Waals surface area contributed by atoms with Gasteiger partial charge in [0.15, 0.2) is 0 Å². The van der Waals surface area contributed by atoms with E-state index in [1.165, 1.54) is 0 Å². The summed E-state index contributed by atoms with van der Waals surface area (Å²) in [5.41, 5.74) is 3.83. The lowest BCUT2D eigenvalue weighted by Crippen LogP contribution is -2.18. The summed E-state index contributed by atoms with van der Waals surface area (Å²) in [7, 11) is 1.66. The van der Waals surface area contributed by atoms with E-state index >= 15 is 0 Å². The van der Waals surface area contributed by atoms with Crippen LogP contribution in [0.25, 0.3) is 5.69 Å². The van der Waals surface area contributed by atoms with Crippen molar-refractivity contribution in [1.82, 2.24) is 24.3 Å². The Labute approximate surface area is 185 Å². The van der Waals surface area contributed by atoms with Crippen molar-refractivity contribution in [3.05, 3.63) is 77.1 Å². The largest absolute Gasteiger partial charge is 0.494 e. The Morgan fingerprint density at radius 3 is 2.84 bits per heavy atom. The van der Waals surface area contributed by atoms with E-state index in [0.29, 0.717) is 5.95 Å². The predicted octanol–water partition coefficient (Wildman–Crippen LogP) is 5.10. The fourth-order valence-corrected chi connectivity index (χ4v) is 4.37. The minimum absolute atomic E-state index is 0.145. The van der Waals surface area contributed by atoms with E-state index in [-0.39, 0.29) is 5.92 Å². The lowest BCUT2D eigenvalue weighted by molar-refractivity contribution is 0.413. The molecule has 0 saturated carbocycles. The van der Waals surface area contributed by atoms with Crippen LogP contribution in [-0.4, -0.2) is 31.4 Å². The number of ether oxygens (including phenoxy) is 1. The number of aromatic nitrogens is 5. The molecule has 31 heavy (non-hydrogen) atoms. The van der Waals surface area contributed by atoms with E-state index in [0.717, 1.165) is 58.6 Å². The molecule has 2 aromatic heterocycles. The van der Waals surface area contributed by atoms with Crippen LogP contribution in [-0.2, 0) is 6.54 Å². The first-order valence-electron chi connectivity index (χ1n) is 10.3. The molecule has 2 aromatic carbocycles. The number of anilines is 2. The molecule has 5 rings (SSSR count). The molecule has 0 fully saturated rings. The van der Waals surface area contributed by atoms with Crippen LogP contribution < -0.4 is 10.1 Å². The average Bonchev–Trinajstić information content (AvgIpc) is 3.39. The minimum atomic E-state index is 0.145. The number of imidazole rings is 1. The molecule has 8 heteroatoms. The van der Waals surface area contributed by atoms with Gasteiger partial charge in [-0.1, -0.05) is 29.8 Å². The molecule has 0 spiro atoms. The topological polar surface area (TPSA) is 69.8 Å². The highest BCUT2D eigenvalue weighted by Crippen LogP contribution is 2.36. The van der Waals surface area contributed by atoms with Gasteiger partial charge in [0.25, 0.3) is 0 Å². The Kier molecular flexibility index (Phi) is 5.11. The van der Waals surface area contributed by atoms with E-state index in [9.17, 15) is 0 Å². The zero-order chi connectivity index (χ0) is 21.4. The zero-order valence-electron chi connectivity index (χ0n) is 17.4. The maximum atomic E-state index is 6.47. The number of methoxy groups -OCH3 is 1. The molecule has 4 aromatic rings. The number of hydrogen-bond donors (Lipinski definition) is 1. The third-order valence-electron chi connectivity index (χ3n) is 5.58. The van der Waals surface area contributed by atoms with Gasteiger partial charge in [-0.3, -0.25) is 0 Å². The Balaban J connectivity index is 1.43. The molecule has 1 atom stereocenters. The number of nitrogens with zero attached hydrogens (tertiary/aromatic N) is 5. The summed E-state index contributed by atoms with van der Waals surface area (Å²) in [6.07, 6.45) is 5.79. The van der Waals surface area contributed by atoms with Crippen LogP contribution in [0.5, 0.6) is 5.75 Å². The number of hydrogen-bond acceptors (Lipinski definition) is 5. The highest BCUT2D eigenvalue weighted by Gasteiger charge is 2.27. The normalized spacial score (nSPS) is 15.5. The number of halogens is 1. The van der Waals surface area contributed by atoms with Crippen molar-refractivity contribution < 1.29 is 4.74 Å². The SMILES string of the molecule is COc1cc(Nc2nc3n(n2)CCCC3c2ccccc2Cl)ccc1-n1cnc(C)c1. The summed E-state index contributed by atoms with van der Waals surface area (Å²) in [4.78, 5) is 9.10. The number of rotatable bonds is 5. The Morgan fingerprint density at radius 1 is 1.19 bits per heavy atom. The summed E-state index contributed by atoms with van der Waals surface area (Å²) in [6, 6.07) is 13.9. The van der Waals surface area contributed by atoms with Gasteiger partial charge in [-0.15, -0.1) is 5.10 Å². The average molecular weight is 435 g/mol. The van der Waals surface area contributed by atoms with E-state index in [1.54, 1.807) is 13.4 Å². The fourth-order valence-electron chi connectivity index (χ4n) is 4.11. The summed E-state index contributed by atoms with van der Waals surface area (Å²) >= 11 is 6.47. The van der Waals surface area contributed by atoms with Gasteiger partial charge >= 0.3 is 0 Å². The molecular weight excluding hydrogens is 412 g/mol. The lowest BCUT2D eigenvalue weighted by atomic mass is 9.91. The third-order valence-corrected chi connectivity index (χ3v) is 5.93. The highest BCUT2D eigenvalue weighted by atomic mass is 35.5. The van der Waals surface area contributed by atoms with Gasteiger partial charge in [0.1, 0.15) is 11.6 Å². The number of aryl methyl sites for hydroxylation is 2. The second-order valence-electron chi connectivity index (χ2n) is 7.67. The second-order valence-corrected chi connectivity index (χ2v) is 8.07. The van der Waals surface area contributed by atoms with Crippen LogP contribution in [0.3, 0.4) is 0 Å². The summed E-state index contributed by atoms with van der Waals surface area (Å²) < 4.78 is 9.54. The maximum Gasteiger partial charge on any atom is 0.246 e. The van der Waals surface area contributed by atoms with Crippen molar-refractivity contribution in [2.45, 2.75) is 32.2 Å². The van der Waals surface area contributed by atoms with Crippen LogP contribution >= 0.6 is 11.6 Å². The standard InChI is InChI=1S/C23H23ClN6O/c1-15-13-29(14-25-15)20-10-9-16(12-21(20)31-2)26-23-27-22-18(7-5-11-30(22)28-23)17-6-3-4-8-19(17)24/h3-4,6,8-10,12-14,18H,5,7,11H2,1-2H3,(H,26,28). The minimum Gasteiger partial charge on any atom is -0.494 e. The molecule has 0 bridgehead atoms. The van der Waals surface area contributed by atoms with Crippen LogP contribution in [0.4, 0.5) is 11.6 Å². The van der Waals surface area contributed by atoms with Gasteiger partial charge in [-0.05, 0) is 43.5 Å². The monoisotopic (exact) mass is 434 g/mol. The van der Waals surface area contributed by atoms with Gasteiger partial charge in [0.2, 0.25) is 5.95 Å². The first-order valence-corrected chi connectivity index (χ1v) is 10.7. The van der Waals surface area contributed by atoms with Crippen molar-refractivity contribution in [3.63, 3.8) is 0 Å². The fraction of sp³-hybridized carbons (Fsp3) is 0.261. The van der Waals surface area contributed by atoms with E-state index in [4.69, 9.17) is 21.3 Å². The number of fused-ring (bicyclic) bond motifs is 1. The molecule has 0 saturated heterocycles. The molecule has 1 N–H and O–H groups in total. The predicted molar refractivity (Wildman–Crippen MR) is 121 cm³/mol. The smallest absolute Gasteiger partial charge is 0.246 e. The molecule has 1 aliphatic rings. The summed E-state index contributed by atoms with van der Waals surface area (Å²) in [6.45, 7) is 2.81. The third kappa shape index (κ3) is 3.77. The van der Waals surface area contributed by atoms with E-state index in [1.807, 2.05) is 58.8 Å². The molecular formula is C23H23ClN6O. The van der Waals surface area contributed by atoms with Gasteiger partial charge in [-0.25, -0.2) is 9.67 Å². The molecule has 158 valence electrons. The van der Waals surface area contributed by atoms with Crippen LogP contribution in [0, 0.1) is 6.92 Å². The van der Waals surface area contributed by atoms with Crippen molar-refractivity contribution in [3.8, 4) is 11.4 Å². The Bertz CT molecular complexity index is 1230. The van der Waals surface area contributed by atoms with Crippen molar-refractivity contribution in [1.29, 1.82) is 0 Å². The zero-order valence-corrected chi connectivity index (χ0v) is 18.2. The molecule has 1 aliphatic heterocycles. The van der Waals surface area contributed by atoms with Gasteiger partial charge in [0, 0.05) is 35.4 Å². The molecule has 7 nitrogen and oxygen atoms in total. The van der Waals surface area contributed by atoms with E-state index in [2.05, 4.69) is 21.5 Å². The van der Waals surface area contributed by atoms with Gasteiger partial charge in [0.05, 0.1) is 24.8 Å². The van der Waals surface area contributed by atoms with Crippen molar-refractivity contribution in [2.24, 2.45) is 0 Å². The van der Waals surface area contributed by atoms with E-state index < -0.39 is 0 Å². The van der Waals surface area contributed by atoms with Crippen molar-refractivity contribution in [2.75, 3.05) is 12.4 Å². The first-order chi connectivity index (χ1) is 15.1. The molecule has 0 amide bonds. The Morgan fingerprint density at radius 2 is 2.06 bits per heavy atom. The quantitative estimate of drug-likeness (QED) is 0.473. The van der Waals surface area contributed by atoms with Crippen LogP contribution in [0.1, 0.15) is 35.8 Å². The highest BCUT2D eigenvalue weighted by molar-refractivity contribution is 6.31. The van der Waals surface area contributed by atoms with Crippen LogP contribution in [0.2, 0.25) is 5.02 Å². The molecule has 0 radical (unpaired) electrons. The van der Waals surface area contributed by atoms with Crippen LogP contribution in [0.15, 0.2) is 55.0 Å². The molecule has 0 aliphatic carbocycles. The molecule has 1 unspecified atom stereocenters. The first kappa shape index (κ1) is 19.6. The van der Waals surface area contributed by atoms with Gasteiger partial charge < -0.3 is 14.6 Å². The molecule has 3 heterocycles. The van der Waals surface area contributed by atoms with Crippen molar-refractivity contribution >= 4 is 23.2 Å². The number of nitrogens with one attached hydrogen (secondary N) is 1. The Hall–Kier alpha value is -3.32. The summed E-state index contributed by atoms with van der Waals surface area (Å²) in [5, 5.41) is 8.78.